The highest BCUT2D eigenvalue weighted by Crippen LogP contribution is 2.16. The fourth-order valence-corrected chi connectivity index (χ4v) is 2.43. The lowest BCUT2D eigenvalue weighted by Crippen LogP contribution is -2.57. The van der Waals surface area contributed by atoms with E-state index < -0.39 is 0 Å². The van der Waals surface area contributed by atoms with Gasteiger partial charge in [-0.15, -0.1) is 0 Å². The molecular formula is C13H26N2O3. The smallest absolute Gasteiger partial charge is 0.239 e. The highest BCUT2D eigenvalue weighted by atomic mass is 16.5. The van der Waals surface area contributed by atoms with Gasteiger partial charge in [0, 0.05) is 25.7 Å². The van der Waals surface area contributed by atoms with Gasteiger partial charge in [0.05, 0.1) is 25.4 Å². The van der Waals surface area contributed by atoms with Crippen molar-refractivity contribution in [2.24, 2.45) is 0 Å². The Morgan fingerprint density at radius 3 is 2.61 bits per heavy atom. The van der Waals surface area contributed by atoms with E-state index in [0.29, 0.717) is 13.2 Å². The molecule has 0 radical (unpaired) electrons. The Labute approximate surface area is 110 Å². The van der Waals surface area contributed by atoms with E-state index in [1.807, 2.05) is 25.7 Å². The van der Waals surface area contributed by atoms with Gasteiger partial charge in [-0.2, -0.15) is 0 Å². The molecule has 1 saturated heterocycles. The van der Waals surface area contributed by atoms with Crippen LogP contribution in [-0.2, 0) is 9.53 Å². The van der Waals surface area contributed by atoms with Crippen LogP contribution in [0.25, 0.3) is 0 Å². The number of ether oxygens (including phenoxy) is 1. The number of nitrogens with zero attached hydrogens (tertiary/aromatic N) is 2. The maximum absolute atomic E-state index is 12.3. The Bertz CT molecular complexity index is 269. The van der Waals surface area contributed by atoms with Crippen molar-refractivity contribution in [3.63, 3.8) is 0 Å². The molecule has 0 aromatic carbocycles. The van der Waals surface area contributed by atoms with Crippen LogP contribution in [0.3, 0.4) is 0 Å². The highest BCUT2D eigenvalue weighted by Gasteiger charge is 2.33. The largest absolute Gasteiger partial charge is 0.394 e. The minimum Gasteiger partial charge on any atom is -0.394 e. The van der Waals surface area contributed by atoms with E-state index in [4.69, 9.17) is 9.84 Å². The summed E-state index contributed by atoms with van der Waals surface area (Å²) in [6, 6.07) is 0.0557. The zero-order chi connectivity index (χ0) is 13.7. The second kappa shape index (κ2) is 7.07. The molecule has 106 valence electrons. The summed E-state index contributed by atoms with van der Waals surface area (Å²) in [5.41, 5.74) is 0. The van der Waals surface area contributed by atoms with Crippen LogP contribution in [0.15, 0.2) is 0 Å². The molecule has 1 aliphatic rings. The van der Waals surface area contributed by atoms with Crippen molar-refractivity contribution in [3.05, 3.63) is 0 Å². The van der Waals surface area contributed by atoms with E-state index in [0.717, 1.165) is 13.1 Å². The summed E-state index contributed by atoms with van der Waals surface area (Å²) in [6.45, 7) is 10.7. The molecular weight excluding hydrogens is 232 g/mol. The number of aliphatic hydroxyl groups is 1. The first kappa shape index (κ1) is 15.4. The number of morpholine rings is 1. The Hall–Kier alpha value is -0.650. The molecule has 1 heterocycles. The van der Waals surface area contributed by atoms with Gasteiger partial charge in [0.2, 0.25) is 5.91 Å². The molecule has 0 aromatic heterocycles. The first-order valence-corrected chi connectivity index (χ1v) is 6.82. The summed E-state index contributed by atoms with van der Waals surface area (Å²) in [6.07, 6.45) is -0.173. The second-order valence-electron chi connectivity index (χ2n) is 4.87. The van der Waals surface area contributed by atoms with Crippen molar-refractivity contribution < 1.29 is 14.6 Å². The molecule has 0 bridgehead atoms. The minimum atomic E-state index is -0.173. The van der Waals surface area contributed by atoms with Gasteiger partial charge in [0.15, 0.2) is 0 Å². The normalized spacial score (nSPS) is 26.9. The molecule has 18 heavy (non-hydrogen) atoms. The van der Waals surface area contributed by atoms with Crippen molar-refractivity contribution >= 4 is 5.91 Å². The van der Waals surface area contributed by atoms with Crippen LogP contribution in [0, 0.1) is 0 Å². The zero-order valence-electron chi connectivity index (χ0n) is 11.9. The minimum absolute atomic E-state index is 0.00933. The van der Waals surface area contributed by atoms with Gasteiger partial charge in [-0.05, 0) is 27.7 Å². The van der Waals surface area contributed by atoms with Gasteiger partial charge >= 0.3 is 0 Å². The van der Waals surface area contributed by atoms with E-state index >= 15 is 0 Å². The van der Waals surface area contributed by atoms with Crippen molar-refractivity contribution in [2.75, 3.05) is 32.8 Å². The number of likely N-dealkylation sites (N-methyl/N-ethyl adjacent to an activating group) is 1. The maximum atomic E-state index is 12.3. The predicted molar refractivity (Wildman–Crippen MR) is 70.4 cm³/mol. The molecule has 1 N–H and O–H groups in total. The number of rotatable bonds is 5. The summed E-state index contributed by atoms with van der Waals surface area (Å²) < 4.78 is 5.50. The number of hydrogen-bond donors (Lipinski definition) is 1. The van der Waals surface area contributed by atoms with Crippen LogP contribution < -0.4 is 0 Å². The molecule has 0 saturated carbocycles. The quantitative estimate of drug-likeness (QED) is 0.772. The molecule has 1 rings (SSSR count). The van der Waals surface area contributed by atoms with Gasteiger partial charge in [-0.3, -0.25) is 9.69 Å². The topological polar surface area (TPSA) is 53.0 Å². The van der Waals surface area contributed by atoms with E-state index in [-0.39, 0.29) is 30.7 Å². The van der Waals surface area contributed by atoms with E-state index in [9.17, 15) is 4.79 Å². The lowest BCUT2D eigenvalue weighted by Gasteiger charge is -2.41. The molecule has 5 heteroatoms. The molecule has 0 spiro atoms. The summed E-state index contributed by atoms with van der Waals surface area (Å²) >= 11 is 0. The third kappa shape index (κ3) is 3.43. The average molecular weight is 258 g/mol. The first-order valence-electron chi connectivity index (χ1n) is 6.82. The standard InChI is InChI=1S/C13H26N2O3/c1-5-14(6-2)13(17)11(4)15-7-12(8-16)18-9-10(15)3/h10-12,16H,5-9H2,1-4H3. The number of carbonyl (C=O) groups excluding carboxylic acids is 1. The lowest BCUT2D eigenvalue weighted by atomic mass is 10.1. The zero-order valence-corrected chi connectivity index (χ0v) is 11.9. The fraction of sp³-hybridized carbons (Fsp3) is 0.923. The van der Waals surface area contributed by atoms with Crippen LogP contribution in [-0.4, -0.2) is 71.8 Å². The molecule has 1 aliphatic heterocycles. The summed E-state index contributed by atoms with van der Waals surface area (Å²) in [7, 11) is 0. The van der Waals surface area contributed by atoms with Crippen molar-refractivity contribution in [1.82, 2.24) is 9.80 Å². The third-order valence-corrected chi connectivity index (χ3v) is 3.69. The van der Waals surface area contributed by atoms with E-state index in [2.05, 4.69) is 11.8 Å². The van der Waals surface area contributed by atoms with Crippen LogP contribution in [0.1, 0.15) is 27.7 Å². The number of aliphatic hydroxyl groups excluding tert-OH is 1. The first-order chi connectivity index (χ1) is 8.54. The van der Waals surface area contributed by atoms with Gasteiger partial charge in [0.1, 0.15) is 0 Å². The third-order valence-electron chi connectivity index (χ3n) is 3.69. The van der Waals surface area contributed by atoms with Crippen molar-refractivity contribution in [2.45, 2.75) is 45.9 Å². The lowest BCUT2D eigenvalue weighted by molar-refractivity contribution is -0.143. The number of hydrogen-bond acceptors (Lipinski definition) is 4. The van der Waals surface area contributed by atoms with Crippen molar-refractivity contribution in [1.29, 1.82) is 0 Å². The molecule has 1 fully saturated rings. The monoisotopic (exact) mass is 258 g/mol. The van der Waals surface area contributed by atoms with Gasteiger partial charge in [-0.1, -0.05) is 0 Å². The SMILES string of the molecule is CCN(CC)C(=O)C(C)N1CC(CO)OCC1C. The van der Waals surface area contributed by atoms with Crippen LogP contribution in [0.2, 0.25) is 0 Å². The molecule has 1 amide bonds. The van der Waals surface area contributed by atoms with Crippen LogP contribution in [0.4, 0.5) is 0 Å². The van der Waals surface area contributed by atoms with Gasteiger partial charge in [-0.25, -0.2) is 0 Å². The Balaban J connectivity index is 2.68. The predicted octanol–water partition coefficient (Wildman–Crippen LogP) is 0.325. The highest BCUT2D eigenvalue weighted by molar-refractivity contribution is 5.81. The van der Waals surface area contributed by atoms with E-state index in [1.54, 1.807) is 0 Å². The van der Waals surface area contributed by atoms with Crippen molar-refractivity contribution in [3.8, 4) is 0 Å². The maximum Gasteiger partial charge on any atom is 0.239 e. The summed E-state index contributed by atoms with van der Waals surface area (Å²) in [5, 5.41) is 9.17. The van der Waals surface area contributed by atoms with Gasteiger partial charge in [0.25, 0.3) is 0 Å². The Kier molecular flexibility index (Phi) is 6.05. The van der Waals surface area contributed by atoms with Crippen LogP contribution in [0.5, 0.6) is 0 Å². The van der Waals surface area contributed by atoms with Gasteiger partial charge < -0.3 is 14.7 Å². The van der Waals surface area contributed by atoms with Crippen LogP contribution >= 0.6 is 0 Å². The molecule has 0 aromatic rings. The molecule has 3 unspecified atom stereocenters. The van der Waals surface area contributed by atoms with E-state index in [1.165, 1.54) is 0 Å². The average Bonchev–Trinajstić information content (AvgIpc) is 2.39. The molecule has 0 aliphatic carbocycles. The Morgan fingerprint density at radius 1 is 1.50 bits per heavy atom. The molecule has 5 nitrogen and oxygen atoms in total. The second-order valence-corrected chi connectivity index (χ2v) is 4.87. The number of amides is 1. The fourth-order valence-electron chi connectivity index (χ4n) is 2.43. The summed E-state index contributed by atoms with van der Waals surface area (Å²) in [4.78, 5) is 16.3. The Morgan fingerprint density at radius 2 is 2.11 bits per heavy atom. The summed E-state index contributed by atoms with van der Waals surface area (Å²) in [5.74, 6) is 0.158. The number of carbonyl (C=O) groups is 1. The molecule has 3 atom stereocenters.